The Hall–Kier alpha value is -0.810. The van der Waals surface area contributed by atoms with Crippen LogP contribution in [0.5, 0.6) is 0 Å². The third-order valence-electron chi connectivity index (χ3n) is 4.45. The van der Waals surface area contributed by atoms with Gasteiger partial charge < -0.3 is 0 Å². The molecule has 0 radical (unpaired) electrons. The normalized spacial score (nSPS) is 19.8. The van der Waals surface area contributed by atoms with Crippen molar-refractivity contribution in [3.05, 3.63) is 0 Å². The molecule has 1 aliphatic rings. The monoisotopic (exact) mass is 350 g/mol. The molecule has 1 fully saturated rings. The number of nitrogens with zero attached hydrogens (tertiary/aromatic N) is 2. The number of halogens is 2. The molecule has 0 saturated carbocycles. The lowest BCUT2D eigenvalue weighted by atomic mass is 9.69. The van der Waals surface area contributed by atoms with Crippen LogP contribution in [-0.4, -0.2) is 52.5 Å². The van der Waals surface area contributed by atoms with E-state index in [4.69, 9.17) is 23.2 Å². The minimum atomic E-state index is -1.19. The molecule has 1 heterocycles. The second-order valence-electron chi connectivity index (χ2n) is 5.59. The third-order valence-corrected chi connectivity index (χ3v) is 4.79. The van der Waals surface area contributed by atoms with Gasteiger partial charge in [-0.05, 0) is 18.8 Å². The quantitative estimate of drug-likeness (QED) is 0.499. The van der Waals surface area contributed by atoms with Gasteiger partial charge in [0.15, 0.2) is 0 Å². The van der Waals surface area contributed by atoms with Gasteiger partial charge in [0.05, 0.1) is 0 Å². The number of imide groups is 2. The van der Waals surface area contributed by atoms with Crippen molar-refractivity contribution in [2.24, 2.45) is 11.3 Å². The highest BCUT2D eigenvalue weighted by molar-refractivity contribution is 6.22. The fourth-order valence-corrected chi connectivity index (χ4v) is 3.55. The van der Waals surface area contributed by atoms with Crippen LogP contribution in [-0.2, 0) is 9.59 Å². The fraction of sp³-hybridized carbons (Fsp3) is 0.800. The van der Waals surface area contributed by atoms with E-state index in [-0.39, 0.29) is 30.8 Å². The van der Waals surface area contributed by atoms with E-state index in [2.05, 4.69) is 0 Å². The number of rotatable bonds is 8. The topological polar surface area (TPSA) is 57.7 Å². The molecule has 0 aromatic rings. The van der Waals surface area contributed by atoms with E-state index in [9.17, 15) is 14.4 Å². The van der Waals surface area contributed by atoms with Gasteiger partial charge in [-0.2, -0.15) is 0 Å². The lowest BCUT2D eigenvalue weighted by Crippen LogP contribution is -2.67. The zero-order valence-corrected chi connectivity index (χ0v) is 14.9. The minimum absolute atomic E-state index is 0.103. The van der Waals surface area contributed by atoms with E-state index in [1.54, 1.807) is 0 Å². The average molecular weight is 351 g/mol. The lowest BCUT2D eigenvalue weighted by Gasteiger charge is -2.46. The molecular formula is C15H24Cl2N2O3. The number of hydrogen-bond acceptors (Lipinski definition) is 3. The summed E-state index contributed by atoms with van der Waals surface area (Å²) in [5, 5.41) is 0. The molecule has 0 aromatic heterocycles. The summed E-state index contributed by atoms with van der Waals surface area (Å²) in [5.41, 5.74) is -1.19. The van der Waals surface area contributed by atoms with Crippen molar-refractivity contribution in [3.8, 4) is 0 Å². The first-order valence-electron chi connectivity index (χ1n) is 7.72. The van der Waals surface area contributed by atoms with E-state index in [1.165, 1.54) is 0 Å². The SMILES string of the molecule is CCCC(C)C1(CC)C(=O)N(CCCl)C(=O)N(CCCl)C1=O. The molecule has 0 bridgehead atoms. The Labute approximate surface area is 141 Å². The Balaban J connectivity index is 3.34. The maximum atomic E-state index is 12.9. The van der Waals surface area contributed by atoms with Crippen LogP contribution in [0, 0.1) is 11.3 Å². The van der Waals surface area contributed by atoms with Gasteiger partial charge in [-0.25, -0.2) is 4.79 Å². The molecule has 1 aliphatic heterocycles. The molecule has 5 nitrogen and oxygen atoms in total. The van der Waals surface area contributed by atoms with Gasteiger partial charge in [0.25, 0.3) is 0 Å². The third kappa shape index (κ3) is 3.11. The van der Waals surface area contributed by atoms with Crippen molar-refractivity contribution in [3.63, 3.8) is 0 Å². The average Bonchev–Trinajstić information content (AvgIpc) is 2.49. The number of hydrogen-bond donors (Lipinski definition) is 0. The van der Waals surface area contributed by atoms with E-state index in [0.29, 0.717) is 6.42 Å². The summed E-state index contributed by atoms with van der Waals surface area (Å²) in [5.74, 6) is -0.703. The first kappa shape index (κ1) is 19.2. The molecular weight excluding hydrogens is 327 g/mol. The van der Waals surface area contributed by atoms with Crippen LogP contribution in [0.15, 0.2) is 0 Å². The van der Waals surface area contributed by atoms with E-state index in [1.807, 2.05) is 20.8 Å². The van der Waals surface area contributed by atoms with Crippen molar-refractivity contribution < 1.29 is 14.4 Å². The minimum Gasteiger partial charge on any atom is -0.273 e. The fourth-order valence-electron chi connectivity index (χ4n) is 3.21. The summed E-state index contributed by atoms with van der Waals surface area (Å²) in [4.78, 5) is 40.5. The number of carbonyl (C=O) groups is 3. The van der Waals surface area contributed by atoms with Gasteiger partial charge in [0.1, 0.15) is 5.41 Å². The van der Waals surface area contributed by atoms with E-state index < -0.39 is 23.3 Å². The standard InChI is InChI=1S/C15H24Cl2N2O3/c1-4-6-11(3)15(5-2)12(20)18(9-7-16)14(22)19(10-8-17)13(15)21/h11H,4-10H2,1-3H3. The summed E-state index contributed by atoms with van der Waals surface area (Å²) >= 11 is 11.5. The van der Waals surface area contributed by atoms with Crippen LogP contribution in [0.4, 0.5) is 4.79 Å². The van der Waals surface area contributed by atoms with Gasteiger partial charge in [-0.15, -0.1) is 23.2 Å². The van der Waals surface area contributed by atoms with Crippen molar-refractivity contribution in [2.75, 3.05) is 24.8 Å². The molecule has 1 saturated heterocycles. The maximum absolute atomic E-state index is 12.9. The van der Waals surface area contributed by atoms with Crippen molar-refractivity contribution in [1.82, 2.24) is 9.80 Å². The van der Waals surface area contributed by atoms with Gasteiger partial charge in [-0.1, -0.05) is 27.2 Å². The Morgan fingerprint density at radius 2 is 1.45 bits per heavy atom. The molecule has 0 aromatic carbocycles. The summed E-state index contributed by atoms with van der Waals surface area (Å²) in [6, 6.07) is -0.607. The van der Waals surface area contributed by atoms with Crippen molar-refractivity contribution >= 4 is 41.0 Å². The predicted octanol–water partition coefficient (Wildman–Crippen LogP) is 3.09. The molecule has 4 amide bonds. The van der Waals surface area contributed by atoms with Crippen molar-refractivity contribution in [2.45, 2.75) is 40.0 Å². The van der Waals surface area contributed by atoms with Crippen molar-refractivity contribution in [1.29, 1.82) is 0 Å². The molecule has 0 spiro atoms. The maximum Gasteiger partial charge on any atom is 0.333 e. The highest BCUT2D eigenvalue weighted by Gasteiger charge is 2.58. The number of barbiturate groups is 1. The Kier molecular flexibility index (Phi) is 7.13. The zero-order chi connectivity index (χ0) is 16.9. The number of alkyl halides is 2. The summed E-state index contributed by atoms with van der Waals surface area (Å²) in [6.07, 6.45) is 1.96. The largest absolute Gasteiger partial charge is 0.333 e. The van der Waals surface area contributed by atoms with Crippen LogP contribution in [0.1, 0.15) is 40.0 Å². The van der Waals surface area contributed by atoms with Gasteiger partial charge >= 0.3 is 6.03 Å². The number of amides is 4. The van der Waals surface area contributed by atoms with Gasteiger partial charge in [0, 0.05) is 24.8 Å². The van der Waals surface area contributed by atoms with Crippen LogP contribution < -0.4 is 0 Å². The summed E-state index contributed by atoms with van der Waals surface area (Å²) in [6.45, 7) is 5.93. The smallest absolute Gasteiger partial charge is 0.273 e. The van der Waals surface area contributed by atoms with Gasteiger partial charge in [0.2, 0.25) is 11.8 Å². The molecule has 0 N–H and O–H groups in total. The molecule has 7 heteroatoms. The number of urea groups is 1. The molecule has 1 rings (SSSR count). The first-order valence-corrected chi connectivity index (χ1v) is 8.78. The predicted molar refractivity (Wildman–Crippen MR) is 87.1 cm³/mol. The second-order valence-corrected chi connectivity index (χ2v) is 6.34. The van der Waals surface area contributed by atoms with E-state index in [0.717, 1.165) is 22.6 Å². The van der Waals surface area contributed by atoms with Crippen LogP contribution in [0.2, 0.25) is 0 Å². The summed E-state index contributed by atoms with van der Waals surface area (Å²) < 4.78 is 0. The van der Waals surface area contributed by atoms with Crippen LogP contribution >= 0.6 is 23.2 Å². The Morgan fingerprint density at radius 1 is 1.00 bits per heavy atom. The molecule has 1 unspecified atom stereocenters. The molecule has 0 aliphatic carbocycles. The first-order chi connectivity index (χ1) is 10.4. The molecule has 22 heavy (non-hydrogen) atoms. The van der Waals surface area contributed by atoms with Gasteiger partial charge in [-0.3, -0.25) is 19.4 Å². The number of carbonyl (C=O) groups excluding carboxylic acids is 3. The Morgan fingerprint density at radius 3 is 1.77 bits per heavy atom. The molecule has 1 atom stereocenters. The lowest BCUT2D eigenvalue weighted by molar-refractivity contribution is -0.163. The zero-order valence-electron chi connectivity index (χ0n) is 13.4. The van der Waals surface area contributed by atoms with E-state index >= 15 is 0 Å². The highest BCUT2D eigenvalue weighted by atomic mass is 35.5. The Bertz CT molecular complexity index is 415. The van der Waals surface area contributed by atoms with Crippen LogP contribution in [0.25, 0.3) is 0 Å². The highest BCUT2D eigenvalue weighted by Crippen LogP contribution is 2.41. The van der Waals surface area contributed by atoms with Crippen LogP contribution in [0.3, 0.4) is 0 Å². The second kappa shape index (κ2) is 8.16. The summed E-state index contributed by atoms with van der Waals surface area (Å²) in [7, 11) is 0. The molecule has 126 valence electrons.